The van der Waals surface area contributed by atoms with E-state index in [2.05, 4.69) is 32.9 Å². The van der Waals surface area contributed by atoms with Crippen molar-refractivity contribution in [2.75, 3.05) is 0 Å². The number of hydrogen-bond acceptors (Lipinski definition) is 1. The summed E-state index contributed by atoms with van der Waals surface area (Å²) in [6.07, 6.45) is 9.13. The molecule has 1 nitrogen and oxygen atoms in total. The molecule has 0 heterocycles. The molecule has 0 aromatic heterocycles. The van der Waals surface area contributed by atoms with Crippen LogP contribution in [-0.2, 0) is 4.79 Å². The normalized spacial score (nSPS) is 34.1. The van der Waals surface area contributed by atoms with Gasteiger partial charge in [0, 0.05) is 0 Å². The van der Waals surface area contributed by atoms with E-state index >= 15 is 0 Å². The monoisotopic (exact) mass is 218 g/mol. The van der Waals surface area contributed by atoms with E-state index < -0.39 is 0 Å². The molecule has 0 spiro atoms. The van der Waals surface area contributed by atoms with Crippen molar-refractivity contribution in [2.45, 2.75) is 40.0 Å². The van der Waals surface area contributed by atoms with Gasteiger partial charge in [0.15, 0.2) is 0 Å². The fourth-order valence-corrected chi connectivity index (χ4v) is 3.35. The Morgan fingerprint density at radius 1 is 1.44 bits per heavy atom. The molecule has 88 valence electrons. The molecular weight excluding hydrogens is 196 g/mol. The average molecular weight is 218 g/mol. The van der Waals surface area contributed by atoms with Crippen LogP contribution in [0.15, 0.2) is 23.3 Å². The van der Waals surface area contributed by atoms with E-state index in [0.717, 1.165) is 30.6 Å². The lowest BCUT2D eigenvalue weighted by Crippen LogP contribution is -2.32. The Balaban J connectivity index is 2.32. The van der Waals surface area contributed by atoms with Gasteiger partial charge in [-0.2, -0.15) is 0 Å². The van der Waals surface area contributed by atoms with Crippen molar-refractivity contribution in [2.24, 2.45) is 23.7 Å². The molecule has 0 radical (unpaired) electrons. The van der Waals surface area contributed by atoms with Crippen molar-refractivity contribution in [3.63, 3.8) is 0 Å². The molecule has 0 amide bonds. The van der Waals surface area contributed by atoms with Crippen molar-refractivity contribution >= 4 is 6.29 Å². The zero-order chi connectivity index (χ0) is 11.7. The minimum absolute atomic E-state index is 0.502. The van der Waals surface area contributed by atoms with Gasteiger partial charge in [-0.3, -0.25) is 4.79 Å². The summed E-state index contributed by atoms with van der Waals surface area (Å²) in [5.41, 5.74) is 2.57. The number of rotatable bonds is 2. The Bertz CT molecular complexity index is 335. The van der Waals surface area contributed by atoms with Crippen LogP contribution < -0.4 is 0 Å². The Morgan fingerprint density at radius 2 is 2.19 bits per heavy atom. The molecule has 0 unspecified atom stereocenters. The molecule has 0 aromatic rings. The molecule has 0 fully saturated rings. The van der Waals surface area contributed by atoms with E-state index in [1.807, 2.05) is 0 Å². The predicted octanol–water partition coefficient (Wildman–Crippen LogP) is 3.76. The van der Waals surface area contributed by atoms with Gasteiger partial charge in [-0.05, 0) is 55.4 Å². The molecule has 16 heavy (non-hydrogen) atoms. The third-order valence-electron chi connectivity index (χ3n) is 4.33. The van der Waals surface area contributed by atoms with Crippen LogP contribution in [0.3, 0.4) is 0 Å². The molecule has 0 bridgehead atoms. The van der Waals surface area contributed by atoms with Gasteiger partial charge in [0.1, 0.15) is 6.29 Å². The van der Waals surface area contributed by atoms with Gasteiger partial charge in [-0.15, -0.1) is 0 Å². The number of carbonyl (C=O) groups excluding carboxylic acids is 1. The van der Waals surface area contributed by atoms with Gasteiger partial charge < -0.3 is 0 Å². The highest BCUT2D eigenvalue weighted by Gasteiger charge is 2.36. The first-order valence-electron chi connectivity index (χ1n) is 6.46. The van der Waals surface area contributed by atoms with Crippen LogP contribution in [0.25, 0.3) is 0 Å². The Kier molecular flexibility index (Phi) is 3.32. The number of hydrogen-bond donors (Lipinski definition) is 0. The summed E-state index contributed by atoms with van der Waals surface area (Å²) in [5.74, 6) is 2.55. The summed E-state index contributed by atoms with van der Waals surface area (Å²) in [5, 5.41) is 0. The first kappa shape index (κ1) is 11.6. The summed E-state index contributed by atoms with van der Waals surface area (Å²) in [4.78, 5) is 11.1. The van der Waals surface area contributed by atoms with Crippen molar-refractivity contribution in [1.29, 1.82) is 0 Å². The predicted molar refractivity (Wildman–Crippen MR) is 67.1 cm³/mol. The number of aldehydes is 1. The number of allylic oxidation sites excluding steroid dienone is 4. The van der Waals surface area contributed by atoms with Crippen LogP contribution in [0.2, 0.25) is 0 Å². The molecule has 1 heteroatoms. The topological polar surface area (TPSA) is 17.1 Å². The number of fused-ring (bicyclic) bond motifs is 1. The fraction of sp³-hybridized carbons (Fsp3) is 0.667. The van der Waals surface area contributed by atoms with E-state index in [4.69, 9.17) is 0 Å². The van der Waals surface area contributed by atoms with E-state index in [1.165, 1.54) is 12.0 Å². The first-order chi connectivity index (χ1) is 7.63. The molecule has 3 atom stereocenters. The van der Waals surface area contributed by atoms with E-state index in [-0.39, 0.29) is 0 Å². The maximum absolute atomic E-state index is 11.1. The van der Waals surface area contributed by atoms with Gasteiger partial charge in [0.25, 0.3) is 0 Å². The van der Waals surface area contributed by atoms with Gasteiger partial charge in [0.2, 0.25) is 0 Å². The molecule has 2 rings (SSSR count). The summed E-state index contributed by atoms with van der Waals surface area (Å²) in [6.45, 7) is 6.84. The average Bonchev–Trinajstić information content (AvgIpc) is 2.26. The summed E-state index contributed by atoms with van der Waals surface area (Å²) >= 11 is 0. The van der Waals surface area contributed by atoms with Crippen molar-refractivity contribution in [3.05, 3.63) is 23.3 Å². The Morgan fingerprint density at radius 3 is 2.81 bits per heavy atom. The third kappa shape index (κ3) is 2.00. The molecule has 0 aliphatic heterocycles. The van der Waals surface area contributed by atoms with Gasteiger partial charge in [-0.1, -0.05) is 31.6 Å². The molecule has 0 saturated heterocycles. The quantitative estimate of drug-likeness (QED) is 0.509. The maximum Gasteiger partial charge on any atom is 0.146 e. The Hall–Kier alpha value is -0.850. The molecule has 2 aliphatic rings. The van der Waals surface area contributed by atoms with Crippen molar-refractivity contribution < 1.29 is 4.79 Å². The first-order valence-corrected chi connectivity index (χ1v) is 6.46. The lowest BCUT2D eigenvalue weighted by molar-refractivity contribution is -0.105. The molecule has 0 aromatic carbocycles. The van der Waals surface area contributed by atoms with Crippen LogP contribution in [0, 0.1) is 23.7 Å². The largest absolute Gasteiger partial charge is 0.298 e. The second kappa shape index (κ2) is 4.57. The lowest BCUT2D eigenvalue weighted by Gasteiger charge is -2.40. The number of carbonyl (C=O) groups is 1. The SMILES string of the molecule is CC1=C[C@H]2[C@@H](C(C)C)CC=C(C=O)[C@@H]2CC1. The zero-order valence-corrected chi connectivity index (χ0v) is 10.6. The van der Waals surface area contributed by atoms with Crippen molar-refractivity contribution in [1.82, 2.24) is 0 Å². The fourth-order valence-electron chi connectivity index (χ4n) is 3.35. The highest BCUT2D eigenvalue weighted by Crippen LogP contribution is 2.44. The molecule has 2 aliphatic carbocycles. The van der Waals surface area contributed by atoms with E-state index in [9.17, 15) is 4.79 Å². The lowest BCUT2D eigenvalue weighted by atomic mass is 9.64. The van der Waals surface area contributed by atoms with Crippen LogP contribution in [-0.4, -0.2) is 6.29 Å². The van der Waals surface area contributed by atoms with Crippen molar-refractivity contribution in [3.8, 4) is 0 Å². The minimum Gasteiger partial charge on any atom is -0.298 e. The van der Waals surface area contributed by atoms with E-state index in [1.54, 1.807) is 0 Å². The van der Waals surface area contributed by atoms with Crippen LogP contribution >= 0.6 is 0 Å². The van der Waals surface area contributed by atoms with Gasteiger partial charge >= 0.3 is 0 Å². The summed E-state index contributed by atoms with van der Waals surface area (Å²) < 4.78 is 0. The molecule has 0 saturated carbocycles. The third-order valence-corrected chi connectivity index (χ3v) is 4.33. The summed E-state index contributed by atoms with van der Waals surface area (Å²) in [6, 6.07) is 0. The van der Waals surface area contributed by atoms with Gasteiger partial charge in [0.05, 0.1) is 0 Å². The van der Waals surface area contributed by atoms with Crippen LogP contribution in [0.5, 0.6) is 0 Å². The zero-order valence-electron chi connectivity index (χ0n) is 10.6. The smallest absolute Gasteiger partial charge is 0.146 e. The standard InChI is InChI=1S/C15H22O/c1-10(2)13-7-5-12(9-16)14-6-4-11(3)8-15(13)14/h5,8-10,13-15H,4,6-7H2,1-3H3/t13-,14+,15+/m1/s1. The minimum atomic E-state index is 0.502. The highest BCUT2D eigenvalue weighted by atomic mass is 16.1. The molecular formula is C15H22O. The Labute approximate surface area is 98.6 Å². The van der Waals surface area contributed by atoms with E-state index in [0.29, 0.717) is 17.8 Å². The molecule has 0 N–H and O–H groups in total. The van der Waals surface area contributed by atoms with Gasteiger partial charge in [-0.25, -0.2) is 0 Å². The second-order valence-corrected chi connectivity index (χ2v) is 5.70. The van der Waals surface area contributed by atoms with Crippen LogP contribution in [0.1, 0.15) is 40.0 Å². The maximum atomic E-state index is 11.1. The van der Waals surface area contributed by atoms with Crippen LogP contribution in [0.4, 0.5) is 0 Å². The highest BCUT2D eigenvalue weighted by molar-refractivity contribution is 5.74. The second-order valence-electron chi connectivity index (χ2n) is 5.70. The summed E-state index contributed by atoms with van der Waals surface area (Å²) in [7, 11) is 0.